The first-order valence-electron chi connectivity index (χ1n) is 12.2. The zero-order valence-electron chi connectivity index (χ0n) is 22.1. The monoisotopic (exact) mass is 605 g/mol. The second-order valence-electron chi connectivity index (χ2n) is 9.21. The van der Waals surface area contributed by atoms with Gasteiger partial charge in [0.1, 0.15) is 17.0 Å². The number of hydrogen-bond acceptors (Lipinski definition) is 12. The van der Waals surface area contributed by atoms with Gasteiger partial charge in [0.25, 0.3) is 14.1 Å². The molecule has 13 nitrogen and oxygen atoms in total. The fraction of sp³-hybridized carbons (Fsp3) is 0.682. The van der Waals surface area contributed by atoms with Crippen molar-refractivity contribution in [3.05, 3.63) is 16.7 Å². The van der Waals surface area contributed by atoms with E-state index >= 15 is 4.39 Å². The molecule has 2 aromatic heterocycles. The van der Waals surface area contributed by atoms with Crippen LogP contribution in [0.2, 0.25) is 0 Å². The molecule has 0 saturated carbocycles. The summed E-state index contributed by atoms with van der Waals surface area (Å²) in [6.07, 6.45) is -3.78. The van der Waals surface area contributed by atoms with E-state index < -0.39 is 49.4 Å². The minimum Gasteiger partial charge on any atom is -0.355 e. The van der Waals surface area contributed by atoms with Crippen molar-refractivity contribution in [1.82, 2.24) is 24.2 Å². The van der Waals surface area contributed by atoms with E-state index in [1.54, 1.807) is 0 Å². The summed E-state index contributed by atoms with van der Waals surface area (Å²) in [5, 5.41) is 11.4. The maximum absolute atomic E-state index is 16.3. The number of nitrogens with zero attached hydrogens (tertiary/aromatic N) is 5. The number of halogens is 1. The predicted octanol–water partition coefficient (Wildman–Crippen LogP) is 3.13. The predicted molar refractivity (Wildman–Crippen MR) is 149 cm³/mol. The summed E-state index contributed by atoms with van der Waals surface area (Å²) < 4.78 is 42.5. The van der Waals surface area contributed by atoms with E-state index in [-0.39, 0.29) is 48.8 Å². The number of ether oxygens (including phenoxy) is 2. The molecule has 1 fully saturated rings. The van der Waals surface area contributed by atoms with E-state index in [0.717, 1.165) is 0 Å². The van der Waals surface area contributed by atoms with Crippen molar-refractivity contribution in [3.8, 4) is 6.07 Å². The largest absolute Gasteiger partial charge is 0.355 e. The summed E-state index contributed by atoms with van der Waals surface area (Å²) in [6.45, 7) is 9.12. The van der Waals surface area contributed by atoms with Gasteiger partial charge in [-0.2, -0.15) is 10.2 Å². The molecular weight excluding hydrogens is 572 g/mol. The maximum Gasteiger partial charge on any atom is 0.280 e. The third-order valence-electron chi connectivity index (χ3n) is 5.55. The van der Waals surface area contributed by atoms with Gasteiger partial charge in [-0.05, 0) is 27.7 Å². The number of aromatic amines is 1. The molecule has 2 N–H and O–H groups in total. The number of fused-ring (bicyclic) bond motifs is 1. The molecule has 39 heavy (non-hydrogen) atoms. The van der Waals surface area contributed by atoms with Gasteiger partial charge < -0.3 is 18.5 Å². The molecule has 17 heteroatoms. The Balaban J connectivity index is 1.98. The second kappa shape index (κ2) is 14.2. The van der Waals surface area contributed by atoms with Gasteiger partial charge in [-0.15, -0.1) is 25.3 Å². The summed E-state index contributed by atoms with van der Waals surface area (Å²) in [5.74, 6) is -0.567. The van der Waals surface area contributed by atoms with Crippen molar-refractivity contribution < 1.29 is 27.7 Å². The van der Waals surface area contributed by atoms with E-state index in [2.05, 4.69) is 45.5 Å². The van der Waals surface area contributed by atoms with Gasteiger partial charge in [0, 0.05) is 19.0 Å². The highest BCUT2D eigenvalue weighted by atomic mass is 32.2. The number of amides is 1. The number of anilines is 1. The molecule has 0 bridgehead atoms. The first-order chi connectivity index (χ1) is 18.4. The number of imidazole rings is 1. The Hall–Kier alpha value is -1.83. The number of nitrogens with one attached hydrogen (secondary N) is 2. The first-order valence-corrected chi connectivity index (χ1v) is 14.4. The molecule has 3 heterocycles. The molecule has 1 amide bonds. The van der Waals surface area contributed by atoms with Crippen molar-refractivity contribution >= 4 is 56.8 Å². The van der Waals surface area contributed by atoms with Crippen LogP contribution in [0.3, 0.4) is 0 Å². The lowest BCUT2D eigenvalue weighted by Gasteiger charge is -2.37. The van der Waals surface area contributed by atoms with E-state index in [9.17, 15) is 9.59 Å². The third kappa shape index (κ3) is 7.89. The molecule has 1 aliphatic heterocycles. The highest BCUT2D eigenvalue weighted by Crippen LogP contribution is 2.50. The van der Waals surface area contributed by atoms with Crippen LogP contribution in [0.25, 0.3) is 11.2 Å². The number of carbonyl (C=O) groups excluding carboxylic acids is 1. The molecule has 0 aliphatic carbocycles. The summed E-state index contributed by atoms with van der Waals surface area (Å²) in [5.41, 5.74) is -0.665. The molecule has 1 unspecified atom stereocenters. The number of aromatic nitrogens is 4. The van der Waals surface area contributed by atoms with Crippen molar-refractivity contribution in [1.29, 1.82) is 5.26 Å². The number of alkyl halides is 1. The lowest BCUT2D eigenvalue weighted by atomic mass is 10.1. The normalized spacial score (nSPS) is 22.3. The fourth-order valence-electron chi connectivity index (χ4n) is 4.10. The highest BCUT2D eigenvalue weighted by molar-refractivity contribution is 7.98. The van der Waals surface area contributed by atoms with E-state index in [1.807, 2.05) is 38.4 Å². The Bertz CT molecular complexity index is 1220. The standard InChI is InChI=1S/C22H33FN7O6PS2/c1-11(2)30(12(3)4)37(34-8-6-7-24)36-17-14(9-33-22(38)39)35-20(15(17)23)29-10-25-16-18(29)27-21(26-13(5)31)28-19(16)32/h10-12,14-15,17,20,22,38-39H,6,8-9H2,1-5H3,(H2,26,27,28,31,32)/t14-,15-,17-,20-,37?/m1/s1. The van der Waals surface area contributed by atoms with E-state index in [1.165, 1.54) is 17.8 Å². The molecule has 216 valence electrons. The molecule has 1 aliphatic rings. The van der Waals surface area contributed by atoms with Crippen LogP contribution in [-0.2, 0) is 23.3 Å². The van der Waals surface area contributed by atoms with Gasteiger partial charge in [-0.25, -0.2) is 14.0 Å². The number of carbonyl (C=O) groups is 1. The van der Waals surface area contributed by atoms with Crippen LogP contribution in [0.5, 0.6) is 0 Å². The Kier molecular flexibility index (Phi) is 11.5. The van der Waals surface area contributed by atoms with Crippen molar-refractivity contribution in [2.45, 2.75) is 82.5 Å². The van der Waals surface area contributed by atoms with Crippen molar-refractivity contribution in [3.63, 3.8) is 0 Å². The Labute approximate surface area is 237 Å². The van der Waals surface area contributed by atoms with Crippen LogP contribution in [0.15, 0.2) is 11.1 Å². The van der Waals surface area contributed by atoms with Crippen LogP contribution in [0, 0.1) is 11.3 Å². The average molecular weight is 606 g/mol. The highest BCUT2D eigenvalue weighted by Gasteiger charge is 2.50. The first kappa shape index (κ1) is 31.7. The number of rotatable bonds is 13. The molecular formula is C22H33FN7O6PS2. The number of hydrogen-bond donors (Lipinski definition) is 4. The number of H-pyrrole nitrogens is 1. The lowest BCUT2D eigenvalue weighted by molar-refractivity contribution is -0.114. The summed E-state index contributed by atoms with van der Waals surface area (Å²) in [4.78, 5) is 34.7. The van der Waals surface area contributed by atoms with E-state index in [0.29, 0.717) is 0 Å². The van der Waals surface area contributed by atoms with Crippen LogP contribution in [0.4, 0.5) is 10.3 Å². The molecule has 0 aromatic carbocycles. The summed E-state index contributed by atoms with van der Waals surface area (Å²) >= 11 is 8.22. The molecule has 2 aromatic rings. The summed E-state index contributed by atoms with van der Waals surface area (Å²) in [6, 6.07) is 2.01. The van der Waals surface area contributed by atoms with Crippen LogP contribution < -0.4 is 10.9 Å². The average Bonchev–Trinajstić information content (AvgIpc) is 3.38. The molecule has 1 saturated heterocycles. The summed E-state index contributed by atoms with van der Waals surface area (Å²) in [7, 11) is -1.81. The van der Waals surface area contributed by atoms with Gasteiger partial charge in [-0.3, -0.25) is 24.5 Å². The Morgan fingerprint density at radius 2 is 2.08 bits per heavy atom. The number of nitriles is 1. The molecule has 0 spiro atoms. The molecule has 0 radical (unpaired) electrons. The smallest absolute Gasteiger partial charge is 0.280 e. The minimum atomic E-state index is -1.81. The third-order valence-corrected chi connectivity index (χ3v) is 7.98. The topological polar surface area (TPSA) is 157 Å². The number of thiol groups is 2. The van der Waals surface area contributed by atoms with Crippen LogP contribution in [0.1, 0.15) is 47.3 Å². The maximum atomic E-state index is 16.3. The quantitative estimate of drug-likeness (QED) is 0.116. The van der Waals surface area contributed by atoms with Gasteiger partial charge in [0.05, 0.1) is 32.0 Å². The molecule has 3 rings (SSSR count). The van der Waals surface area contributed by atoms with Crippen molar-refractivity contribution in [2.24, 2.45) is 0 Å². The van der Waals surface area contributed by atoms with Gasteiger partial charge in [0.15, 0.2) is 23.6 Å². The SMILES string of the molecule is CC(=O)Nc1nc2c(ncn2[C@@H]2O[C@H](COC(S)S)[C@@H](OP(OCCC#N)N(C(C)C)C(C)C)[C@H]2F)c(=O)[nH]1. The van der Waals surface area contributed by atoms with Gasteiger partial charge in [-0.1, -0.05) is 0 Å². The fourth-order valence-corrected chi connectivity index (χ4v) is 6.03. The Morgan fingerprint density at radius 3 is 2.67 bits per heavy atom. The minimum absolute atomic E-state index is 0.00950. The van der Waals surface area contributed by atoms with Crippen LogP contribution >= 0.6 is 33.8 Å². The second-order valence-corrected chi connectivity index (χ2v) is 12.0. The van der Waals surface area contributed by atoms with Gasteiger partial charge >= 0.3 is 0 Å². The molecule has 5 atom stereocenters. The van der Waals surface area contributed by atoms with E-state index in [4.69, 9.17) is 23.8 Å². The van der Waals surface area contributed by atoms with Crippen molar-refractivity contribution in [2.75, 3.05) is 18.5 Å². The van der Waals surface area contributed by atoms with Gasteiger partial charge in [0.2, 0.25) is 11.9 Å². The van der Waals surface area contributed by atoms with Crippen LogP contribution in [-0.4, -0.2) is 78.5 Å². The Morgan fingerprint density at radius 1 is 1.38 bits per heavy atom. The lowest BCUT2D eigenvalue weighted by Crippen LogP contribution is -2.39. The zero-order valence-corrected chi connectivity index (χ0v) is 24.8. The zero-order chi connectivity index (χ0) is 28.9.